The Bertz CT molecular complexity index is 625. The Balaban J connectivity index is 1.97. The summed E-state index contributed by atoms with van der Waals surface area (Å²) in [6.07, 6.45) is 0. The van der Waals surface area contributed by atoms with E-state index in [4.69, 9.17) is 0 Å². The lowest BCUT2D eigenvalue weighted by Crippen LogP contribution is -2.28. The van der Waals surface area contributed by atoms with Crippen molar-refractivity contribution < 1.29 is 4.39 Å². The molecule has 2 aromatic carbocycles. The van der Waals surface area contributed by atoms with Crippen molar-refractivity contribution in [2.75, 3.05) is 18.0 Å². The highest BCUT2D eigenvalue weighted by Gasteiger charge is 2.20. The fourth-order valence-corrected chi connectivity index (χ4v) is 2.43. The molecule has 1 heterocycles. The summed E-state index contributed by atoms with van der Waals surface area (Å²) in [5.74, 6) is 0.652. The second-order valence-corrected chi connectivity index (χ2v) is 5.18. The third kappa shape index (κ3) is 2.40. The molecule has 19 heavy (non-hydrogen) atoms. The van der Waals surface area contributed by atoms with Gasteiger partial charge < -0.3 is 4.90 Å². The second kappa shape index (κ2) is 5.13. The summed E-state index contributed by atoms with van der Waals surface area (Å²) < 4.78 is 14.1. The second-order valence-electron chi connectivity index (χ2n) is 4.32. The number of amidine groups is 1. The molecule has 2 nitrogen and oxygen atoms in total. The summed E-state index contributed by atoms with van der Waals surface area (Å²) in [6, 6.07) is 15.1. The highest BCUT2D eigenvalue weighted by Crippen LogP contribution is 2.25. The summed E-state index contributed by atoms with van der Waals surface area (Å²) in [5, 5.41) is 0. The molecule has 0 amide bonds. The lowest BCUT2D eigenvalue weighted by molar-refractivity contribution is 0.621. The monoisotopic (exact) mass is 318 g/mol. The van der Waals surface area contributed by atoms with Crippen LogP contribution in [0.25, 0.3) is 0 Å². The normalized spacial score (nSPS) is 14.6. The molecule has 3 rings (SSSR count). The van der Waals surface area contributed by atoms with Crippen molar-refractivity contribution in [3.05, 3.63) is 64.4 Å². The van der Waals surface area contributed by atoms with Crippen molar-refractivity contribution in [1.82, 2.24) is 0 Å². The molecule has 1 aliphatic rings. The highest BCUT2D eigenvalue weighted by atomic mass is 79.9. The van der Waals surface area contributed by atoms with Crippen LogP contribution in [0.2, 0.25) is 0 Å². The molecule has 0 radical (unpaired) electrons. The quantitative estimate of drug-likeness (QED) is 0.821. The van der Waals surface area contributed by atoms with Crippen LogP contribution in [0.1, 0.15) is 5.56 Å². The van der Waals surface area contributed by atoms with E-state index < -0.39 is 0 Å². The lowest BCUT2D eigenvalue weighted by Gasteiger charge is -2.20. The largest absolute Gasteiger partial charge is 0.324 e. The van der Waals surface area contributed by atoms with Crippen LogP contribution in [0.5, 0.6) is 0 Å². The van der Waals surface area contributed by atoms with Crippen LogP contribution in [0.4, 0.5) is 10.1 Å². The molecule has 0 saturated carbocycles. The van der Waals surface area contributed by atoms with Gasteiger partial charge in [0.1, 0.15) is 11.7 Å². The maximum absolute atomic E-state index is 13.6. The molecule has 0 spiro atoms. The topological polar surface area (TPSA) is 15.6 Å². The number of benzene rings is 2. The van der Waals surface area contributed by atoms with Gasteiger partial charge in [-0.1, -0.05) is 30.3 Å². The summed E-state index contributed by atoms with van der Waals surface area (Å²) in [6.45, 7) is 1.52. The number of hydrogen-bond donors (Lipinski definition) is 0. The zero-order chi connectivity index (χ0) is 13.2. The number of halogens is 2. The van der Waals surface area contributed by atoms with Gasteiger partial charge in [-0.15, -0.1) is 0 Å². The van der Waals surface area contributed by atoms with E-state index in [1.165, 1.54) is 6.07 Å². The van der Waals surface area contributed by atoms with Gasteiger partial charge in [-0.05, 0) is 34.1 Å². The van der Waals surface area contributed by atoms with Gasteiger partial charge >= 0.3 is 0 Å². The van der Waals surface area contributed by atoms with E-state index in [0.29, 0.717) is 4.47 Å². The van der Waals surface area contributed by atoms with Crippen molar-refractivity contribution in [3.63, 3.8) is 0 Å². The van der Waals surface area contributed by atoms with Crippen LogP contribution >= 0.6 is 15.9 Å². The maximum atomic E-state index is 13.6. The molecule has 0 aliphatic carbocycles. The molecule has 0 bridgehead atoms. The van der Waals surface area contributed by atoms with E-state index in [1.54, 1.807) is 6.07 Å². The number of rotatable bonds is 2. The van der Waals surface area contributed by atoms with Crippen LogP contribution in [-0.2, 0) is 0 Å². The molecule has 4 heteroatoms. The molecule has 96 valence electrons. The first-order valence-corrected chi connectivity index (χ1v) is 6.87. The summed E-state index contributed by atoms with van der Waals surface area (Å²) in [7, 11) is 0. The molecule has 0 N–H and O–H groups in total. The van der Waals surface area contributed by atoms with Gasteiger partial charge in [-0.3, -0.25) is 4.99 Å². The summed E-state index contributed by atoms with van der Waals surface area (Å²) in [4.78, 5) is 6.57. The number of hydrogen-bond acceptors (Lipinski definition) is 2. The van der Waals surface area contributed by atoms with Crippen molar-refractivity contribution in [3.8, 4) is 0 Å². The number of anilines is 1. The maximum Gasteiger partial charge on any atom is 0.139 e. The Kier molecular flexibility index (Phi) is 3.34. The van der Waals surface area contributed by atoms with E-state index in [0.717, 1.165) is 30.2 Å². The minimum atomic E-state index is -0.253. The smallest absolute Gasteiger partial charge is 0.139 e. The molecule has 0 fully saturated rings. The van der Waals surface area contributed by atoms with Gasteiger partial charge in [0.25, 0.3) is 0 Å². The van der Waals surface area contributed by atoms with E-state index in [-0.39, 0.29) is 5.82 Å². The van der Waals surface area contributed by atoms with Crippen LogP contribution in [0.3, 0.4) is 0 Å². The zero-order valence-corrected chi connectivity index (χ0v) is 11.8. The Hall–Kier alpha value is -1.68. The average molecular weight is 319 g/mol. The average Bonchev–Trinajstić information content (AvgIpc) is 2.92. The summed E-state index contributed by atoms with van der Waals surface area (Å²) in [5.41, 5.74) is 1.89. The third-order valence-electron chi connectivity index (χ3n) is 3.09. The molecule has 2 aromatic rings. The number of nitrogens with zero attached hydrogens (tertiary/aromatic N) is 2. The standard InChI is InChI=1S/C15H12BrFN2/c16-13-7-6-12(10-14(13)17)19-9-8-18-15(19)11-4-2-1-3-5-11/h1-7,10H,8-9H2. The van der Waals surface area contributed by atoms with E-state index in [2.05, 4.69) is 20.9 Å². The van der Waals surface area contributed by atoms with Crippen LogP contribution in [0, 0.1) is 5.82 Å². The SMILES string of the molecule is Fc1cc(N2CCN=C2c2ccccc2)ccc1Br. The fourth-order valence-electron chi connectivity index (χ4n) is 2.19. The van der Waals surface area contributed by atoms with E-state index in [1.807, 2.05) is 41.3 Å². The molecule has 1 aliphatic heterocycles. The molecule has 0 atom stereocenters. The minimum absolute atomic E-state index is 0.253. The summed E-state index contributed by atoms with van der Waals surface area (Å²) >= 11 is 3.17. The Morgan fingerprint density at radius 2 is 1.89 bits per heavy atom. The van der Waals surface area contributed by atoms with Gasteiger partial charge in [-0.2, -0.15) is 0 Å². The predicted octanol–water partition coefficient (Wildman–Crippen LogP) is 3.86. The molecular weight excluding hydrogens is 307 g/mol. The highest BCUT2D eigenvalue weighted by molar-refractivity contribution is 9.10. The minimum Gasteiger partial charge on any atom is -0.324 e. The first-order valence-electron chi connectivity index (χ1n) is 6.08. The van der Waals surface area contributed by atoms with E-state index >= 15 is 0 Å². The predicted molar refractivity (Wildman–Crippen MR) is 79.3 cm³/mol. The van der Waals surface area contributed by atoms with Crippen molar-refractivity contribution in [2.45, 2.75) is 0 Å². The van der Waals surface area contributed by atoms with Gasteiger partial charge in [0.05, 0.1) is 11.0 Å². The Morgan fingerprint density at radius 1 is 1.11 bits per heavy atom. The number of aliphatic imine (C=N–C) groups is 1. The van der Waals surface area contributed by atoms with Crippen molar-refractivity contribution in [1.29, 1.82) is 0 Å². The zero-order valence-electron chi connectivity index (χ0n) is 10.2. The third-order valence-corrected chi connectivity index (χ3v) is 3.73. The van der Waals surface area contributed by atoms with Crippen molar-refractivity contribution >= 4 is 27.5 Å². The first kappa shape index (κ1) is 12.4. The first-order chi connectivity index (χ1) is 9.25. The van der Waals surface area contributed by atoms with E-state index in [9.17, 15) is 4.39 Å². The molecule has 0 aromatic heterocycles. The lowest BCUT2D eigenvalue weighted by atomic mass is 10.2. The van der Waals surface area contributed by atoms with Gasteiger partial charge in [0.15, 0.2) is 0 Å². The van der Waals surface area contributed by atoms with Crippen molar-refractivity contribution in [2.24, 2.45) is 4.99 Å². The fraction of sp³-hybridized carbons (Fsp3) is 0.133. The van der Waals surface area contributed by atoms with Gasteiger partial charge in [-0.25, -0.2) is 4.39 Å². The van der Waals surface area contributed by atoms with Crippen LogP contribution < -0.4 is 4.90 Å². The van der Waals surface area contributed by atoms with Gasteiger partial charge in [0, 0.05) is 17.8 Å². The molecular formula is C15H12BrFN2. The Labute approximate surface area is 119 Å². The molecule has 0 saturated heterocycles. The molecule has 0 unspecified atom stereocenters. The Morgan fingerprint density at radius 3 is 2.63 bits per heavy atom. The van der Waals surface area contributed by atoms with Crippen LogP contribution in [0.15, 0.2) is 58.0 Å². The van der Waals surface area contributed by atoms with Crippen LogP contribution in [-0.4, -0.2) is 18.9 Å². The van der Waals surface area contributed by atoms with Gasteiger partial charge in [0.2, 0.25) is 0 Å².